The molecule has 0 amide bonds. The van der Waals surface area contributed by atoms with E-state index >= 15 is 0 Å². The number of rotatable bonds is 8. The van der Waals surface area contributed by atoms with Gasteiger partial charge in [0.15, 0.2) is 0 Å². The Balaban J connectivity index is 2.66. The van der Waals surface area contributed by atoms with E-state index in [1.807, 2.05) is 6.08 Å². The Morgan fingerprint density at radius 3 is 2.59 bits per heavy atom. The minimum absolute atomic E-state index is 0.232. The summed E-state index contributed by atoms with van der Waals surface area (Å²) in [4.78, 5) is 23.3. The van der Waals surface area contributed by atoms with Gasteiger partial charge in [0, 0.05) is 6.42 Å². The molecule has 4 heteroatoms. The van der Waals surface area contributed by atoms with E-state index < -0.39 is 0 Å². The van der Waals surface area contributed by atoms with Crippen molar-refractivity contribution in [3.8, 4) is 0 Å². The summed E-state index contributed by atoms with van der Waals surface area (Å²) in [5.74, 6) is -0.580. The summed E-state index contributed by atoms with van der Waals surface area (Å²) >= 11 is 0. The zero-order valence-corrected chi connectivity index (χ0v) is 13.7. The maximum atomic E-state index is 11.9. The van der Waals surface area contributed by atoms with Crippen LogP contribution in [0.2, 0.25) is 0 Å². The fourth-order valence-electron chi connectivity index (χ4n) is 2.27. The second kappa shape index (κ2) is 10.9. The predicted molar refractivity (Wildman–Crippen MR) is 85.3 cm³/mol. The van der Waals surface area contributed by atoms with Crippen molar-refractivity contribution in [2.24, 2.45) is 0 Å². The van der Waals surface area contributed by atoms with Gasteiger partial charge < -0.3 is 9.47 Å². The van der Waals surface area contributed by atoms with Gasteiger partial charge >= 0.3 is 11.9 Å². The molecule has 0 fully saturated rings. The standard InChI is InChI=1S/C18H26O4/c1-3-21-17(19)12-8-11-16(18(20)22-4-2)14-13-15-9-6-5-7-10-15/h9,13H,3-8,10-12H2,1-2H3. The van der Waals surface area contributed by atoms with Crippen LogP contribution >= 0.6 is 0 Å². The maximum Gasteiger partial charge on any atom is 0.341 e. The van der Waals surface area contributed by atoms with E-state index in [1.165, 1.54) is 18.4 Å². The topological polar surface area (TPSA) is 52.6 Å². The lowest BCUT2D eigenvalue weighted by Gasteiger charge is -2.08. The summed E-state index contributed by atoms with van der Waals surface area (Å²) in [5.41, 5.74) is 4.80. The average molecular weight is 306 g/mol. The van der Waals surface area contributed by atoms with E-state index in [0.29, 0.717) is 38.0 Å². The number of carbonyl (C=O) groups is 2. The van der Waals surface area contributed by atoms with Gasteiger partial charge in [-0.15, -0.1) is 5.73 Å². The third kappa shape index (κ3) is 7.28. The molecule has 4 nitrogen and oxygen atoms in total. The number of hydrogen-bond donors (Lipinski definition) is 0. The summed E-state index contributed by atoms with van der Waals surface area (Å²) in [5, 5.41) is 0. The molecule has 1 aliphatic carbocycles. The van der Waals surface area contributed by atoms with Crippen LogP contribution in [-0.2, 0) is 19.1 Å². The van der Waals surface area contributed by atoms with Crippen LogP contribution in [0.5, 0.6) is 0 Å². The van der Waals surface area contributed by atoms with Gasteiger partial charge in [-0.25, -0.2) is 4.79 Å². The van der Waals surface area contributed by atoms with Crippen molar-refractivity contribution < 1.29 is 19.1 Å². The minimum Gasteiger partial charge on any atom is -0.466 e. The van der Waals surface area contributed by atoms with Crippen LogP contribution < -0.4 is 0 Å². The molecule has 0 aromatic heterocycles. The fourth-order valence-corrected chi connectivity index (χ4v) is 2.27. The highest BCUT2D eigenvalue weighted by Crippen LogP contribution is 2.18. The van der Waals surface area contributed by atoms with Crippen LogP contribution in [-0.4, -0.2) is 25.2 Å². The molecule has 0 N–H and O–H groups in total. The summed E-state index contributed by atoms with van der Waals surface area (Å²) in [6.45, 7) is 4.28. The van der Waals surface area contributed by atoms with Gasteiger partial charge in [0.2, 0.25) is 0 Å². The van der Waals surface area contributed by atoms with Crippen molar-refractivity contribution in [2.75, 3.05) is 13.2 Å². The molecule has 0 bridgehead atoms. The number of ether oxygens (including phenoxy) is 2. The zero-order chi connectivity index (χ0) is 16.2. The molecule has 1 rings (SSSR count). The molecule has 0 spiro atoms. The number of esters is 2. The molecule has 1 aliphatic rings. The molecule has 0 unspecified atom stereocenters. The normalized spacial score (nSPS) is 13.6. The van der Waals surface area contributed by atoms with E-state index in [0.717, 1.165) is 12.8 Å². The van der Waals surface area contributed by atoms with Crippen LogP contribution in [0.15, 0.2) is 29.0 Å². The zero-order valence-electron chi connectivity index (χ0n) is 13.7. The van der Waals surface area contributed by atoms with Crippen LogP contribution in [0.1, 0.15) is 58.8 Å². The Morgan fingerprint density at radius 1 is 1.18 bits per heavy atom. The molecular formula is C18H26O4. The first-order valence-electron chi connectivity index (χ1n) is 8.14. The summed E-state index contributed by atoms with van der Waals surface area (Å²) in [6, 6.07) is 0. The fraction of sp³-hybridized carbons (Fsp3) is 0.611. The third-order valence-electron chi connectivity index (χ3n) is 3.39. The molecule has 122 valence electrons. The smallest absolute Gasteiger partial charge is 0.341 e. The lowest BCUT2D eigenvalue weighted by molar-refractivity contribution is -0.143. The lowest BCUT2D eigenvalue weighted by atomic mass is 9.99. The van der Waals surface area contributed by atoms with Crippen molar-refractivity contribution in [1.29, 1.82) is 0 Å². The van der Waals surface area contributed by atoms with Crippen LogP contribution in [0.3, 0.4) is 0 Å². The highest BCUT2D eigenvalue weighted by atomic mass is 16.5. The Kier molecular flexibility index (Phi) is 9.01. The van der Waals surface area contributed by atoms with E-state index in [-0.39, 0.29) is 11.9 Å². The number of allylic oxidation sites excluding steroid dienone is 2. The second-order valence-corrected chi connectivity index (χ2v) is 5.17. The Morgan fingerprint density at radius 2 is 1.95 bits per heavy atom. The van der Waals surface area contributed by atoms with Gasteiger partial charge in [-0.3, -0.25) is 4.79 Å². The van der Waals surface area contributed by atoms with Crippen molar-refractivity contribution in [2.45, 2.75) is 58.8 Å². The van der Waals surface area contributed by atoms with Gasteiger partial charge in [-0.2, -0.15) is 0 Å². The van der Waals surface area contributed by atoms with Crippen molar-refractivity contribution in [3.63, 3.8) is 0 Å². The van der Waals surface area contributed by atoms with Crippen LogP contribution in [0.25, 0.3) is 0 Å². The van der Waals surface area contributed by atoms with E-state index in [4.69, 9.17) is 9.47 Å². The van der Waals surface area contributed by atoms with Crippen molar-refractivity contribution in [3.05, 3.63) is 29.0 Å². The molecule has 0 atom stereocenters. The van der Waals surface area contributed by atoms with E-state index in [2.05, 4.69) is 11.8 Å². The summed E-state index contributed by atoms with van der Waals surface area (Å²) in [7, 11) is 0. The Hall–Kier alpha value is -1.80. The monoisotopic (exact) mass is 306 g/mol. The van der Waals surface area contributed by atoms with Gasteiger partial charge in [-0.1, -0.05) is 6.08 Å². The first-order valence-corrected chi connectivity index (χ1v) is 8.14. The lowest BCUT2D eigenvalue weighted by Crippen LogP contribution is -2.09. The molecule has 0 radical (unpaired) electrons. The van der Waals surface area contributed by atoms with E-state index in [9.17, 15) is 9.59 Å². The van der Waals surface area contributed by atoms with Crippen LogP contribution in [0.4, 0.5) is 0 Å². The molecule has 0 aromatic carbocycles. The summed E-state index contributed by atoms with van der Waals surface area (Å²) < 4.78 is 9.94. The van der Waals surface area contributed by atoms with Gasteiger partial charge in [0.05, 0.1) is 18.8 Å². The molecule has 0 heterocycles. The minimum atomic E-state index is -0.348. The number of carbonyl (C=O) groups excluding carboxylic acids is 2. The molecule has 0 aromatic rings. The molecular weight excluding hydrogens is 280 g/mol. The average Bonchev–Trinajstić information content (AvgIpc) is 2.52. The first-order chi connectivity index (χ1) is 10.7. The van der Waals surface area contributed by atoms with Crippen molar-refractivity contribution >= 4 is 11.9 Å². The van der Waals surface area contributed by atoms with Crippen molar-refractivity contribution in [1.82, 2.24) is 0 Å². The van der Waals surface area contributed by atoms with Crippen LogP contribution in [0, 0.1) is 0 Å². The number of hydrogen-bond acceptors (Lipinski definition) is 4. The highest BCUT2D eigenvalue weighted by Gasteiger charge is 2.11. The van der Waals surface area contributed by atoms with E-state index in [1.54, 1.807) is 13.8 Å². The molecule has 0 saturated carbocycles. The van der Waals surface area contributed by atoms with Gasteiger partial charge in [0.1, 0.15) is 0 Å². The maximum absolute atomic E-state index is 11.9. The largest absolute Gasteiger partial charge is 0.466 e. The molecule has 0 aliphatic heterocycles. The van der Waals surface area contributed by atoms with Gasteiger partial charge in [0.25, 0.3) is 0 Å². The SMILES string of the molecule is CCOC(=O)CCCC(=C=CC1=CCCCC1)C(=O)OCC. The predicted octanol–water partition coefficient (Wildman–Crippen LogP) is 3.86. The summed E-state index contributed by atoms with van der Waals surface area (Å²) in [6.07, 6.45) is 9.95. The Bertz CT molecular complexity index is 467. The second-order valence-electron chi connectivity index (χ2n) is 5.17. The quantitative estimate of drug-likeness (QED) is 0.388. The third-order valence-corrected chi connectivity index (χ3v) is 3.39. The van der Waals surface area contributed by atoms with Gasteiger partial charge in [-0.05, 0) is 64.0 Å². The Labute approximate surface area is 132 Å². The molecule has 22 heavy (non-hydrogen) atoms. The molecule has 0 saturated heterocycles. The highest BCUT2D eigenvalue weighted by molar-refractivity contribution is 5.88. The first kappa shape index (κ1) is 18.2.